The molecule has 0 aliphatic carbocycles. The first-order chi connectivity index (χ1) is 13.0. The molecule has 2 N–H and O–H groups in total. The minimum atomic E-state index is -0.268. The molecule has 1 amide bonds. The van der Waals surface area contributed by atoms with Crippen molar-refractivity contribution in [3.05, 3.63) is 82.7 Å². The molecule has 0 fully saturated rings. The lowest BCUT2D eigenvalue weighted by molar-refractivity contribution is 0.0945. The van der Waals surface area contributed by atoms with Crippen molar-refractivity contribution >= 4 is 17.5 Å². The van der Waals surface area contributed by atoms with Crippen LogP contribution < -0.4 is 10.6 Å². The molecule has 0 saturated heterocycles. The minimum absolute atomic E-state index is 0.268. The Bertz CT molecular complexity index is 1020. The molecule has 1 heterocycles. The predicted octanol–water partition coefficient (Wildman–Crippen LogP) is 3.64. The first-order valence-electron chi connectivity index (χ1n) is 8.50. The van der Waals surface area contributed by atoms with Gasteiger partial charge in [-0.2, -0.15) is 5.26 Å². The maximum atomic E-state index is 12.5. The Hall–Kier alpha value is -3.72. The summed E-state index contributed by atoms with van der Waals surface area (Å²) >= 11 is 0. The number of hydrogen-bond donors (Lipinski definition) is 2. The fourth-order valence-corrected chi connectivity index (χ4v) is 2.63. The van der Waals surface area contributed by atoms with E-state index < -0.39 is 0 Å². The first kappa shape index (κ1) is 18.1. The van der Waals surface area contributed by atoms with Crippen LogP contribution in [0.1, 0.15) is 32.9 Å². The molecule has 6 heteroatoms. The molecule has 0 saturated carbocycles. The number of benzene rings is 2. The SMILES string of the molecule is Cc1cccc(CNC(=O)c2cc(C)nc(Nc3cccc(C#N)c3)n2)c1. The van der Waals surface area contributed by atoms with Gasteiger partial charge in [-0.15, -0.1) is 0 Å². The number of nitrogens with zero attached hydrogens (tertiary/aromatic N) is 3. The fraction of sp³-hybridized carbons (Fsp3) is 0.143. The van der Waals surface area contributed by atoms with Crippen LogP contribution >= 0.6 is 0 Å². The molecule has 1 aromatic heterocycles. The third-order valence-electron chi connectivity index (χ3n) is 3.87. The lowest BCUT2D eigenvalue weighted by Crippen LogP contribution is -2.24. The predicted molar refractivity (Wildman–Crippen MR) is 104 cm³/mol. The molecule has 27 heavy (non-hydrogen) atoms. The number of aromatic nitrogens is 2. The van der Waals surface area contributed by atoms with Gasteiger partial charge in [-0.05, 0) is 43.7 Å². The van der Waals surface area contributed by atoms with Crippen molar-refractivity contribution in [1.82, 2.24) is 15.3 Å². The van der Waals surface area contributed by atoms with Crippen LogP contribution in [0.4, 0.5) is 11.6 Å². The molecule has 6 nitrogen and oxygen atoms in total. The molecule has 0 aliphatic rings. The average molecular weight is 357 g/mol. The highest BCUT2D eigenvalue weighted by Crippen LogP contribution is 2.15. The Morgan fingerprint density at radius 2 is 1.89 bits per heavy atom. The lowest BCUT2D eigenvalue weighted by atomic mass is 10.1. The summed E-state index contributed by atoms with van der Waals surface area (Å²) in [4.78, 5) is 21.1. The number of hydrogen-bond acceptors (Lipinski definition) is 5. The van der Waals surface area contributed by atoms with E-state index in [1.165, 1.54) is 0 Å². The van der Waals surface area contributed by atoms with Crippen molar-refractivity contribution < 1.29 is 4.79 Å². The molecule has 134 valence electrons. The lowest BCUT2D eigenvalue weighted by Gasteiger charge is -2.09. The van der Waals surface area contributed by atoms with Crippen LogP contribution in [0.25, 0.3) is 0 Å². The summed E-state index contributed by atoms with van der Waals surface area (Å²) in [5.74, 6) is 0.0432. The summed E-state index contributed by atoms with van der Waals surface area (Å²) in [6.45, 7) is 4.24. The molecular weight excluding hydrogens is 338 g/mol. The Balaban J connectivity index is 1.74. The van der Waals surface area contributed by atoms with Crippen LogP contribution in [-0.4, -0.2) is 15.9 Å². The highest BCUT2D eigenvalue weighted by atomic mass is 16.1. The summed E-state index contributed by atoms with van der Waals surface area (Å²) in [6.07, 6.45) is 0. The van der Waals surface area contributed by atoms with Crippen LogP contribution in [0.3, 0.4) is 0 Å². The second-order valence-corrected chi connectivity index (χ2v) is 6.21. The summed E-state index contributed by atoms with van der Waals surface area (Å²) in [5.41, 5.74) is 4.35. The number of nitriles is 1. The highest BCUT2D eigenvalue weighted by molar-refractivity contribution is 5.92. The fourth-order valence-electron chi connectivity index (χ4n) is 2.63. The number of nitrogens with one attached hydrogen (secondary N) is 2. The number of aryl methyl sites for hydroxylation is 2. The number of anilines is 2. The van der Waals surface area contributed by atoms with E-state index in [9.17, 15) is 4.79 Å². The van der Waals surface area contributed by atoms with E-state index in [-0.39, 0.29) is 11.6 Å². The molecule has 0 aliphatic heterocycles. The topological polar surface area (TPSA) is 90.7 Å². The molecule has 0 atom stereocenters. The largest absolute Gasteiger partial charge is 0.347 e. The maximum Gasteiger partial charge on any atom is 0.270 e. The number of rotatable bonds is 5. The van der Waals surface area contributed by atoms with Gasteiger partial charge < -0.3 is 10.6 Å². The first-order valence-corrected chi connectivity index (χ1v) is 8.50. The van der Waals surface area contributed by atoms with Crippen LogP contribution in [-0.2, 0) is 6.54 Å². The van der Waals surface area contributed by atoms with E-state index in [2.05, 4.69) is 26.7 Å². The van der Waals surface area contributed by atoms with Crippen molar-refractivity contribution in [2.75, 3.05) is 5.32 Å². The third kappa shape index (κ3) is 4.89. The Labute approximate surface area is 157 Å². The molecule has 0 unspecified atom stereocenters. The Morgan fingerprint density at radius 1 is 1.07 bits per heavy atom. The standard InChI is InChI=1S/C21H19N5O/c1-14-5-3-7-17(9-14)13-23-20(27)19-10-15(2)24-21(26-19)25-18-8-4-6-16(11-18)12-22/h3-11H,13H2,1-2H3,(H,23,27)(H,24,25,26). The van der Waals surface area contributed by atoms with E-state index in [1.807, 2.05) is 37.3 Å². The molecule has 0 bridgehead atoms. The smallest absolute Gasteiger partial charge is 0.270 e. The number of carbonyl (C=O) groups is 1. The summed E-state index contributed by atoms with van der Waals surface area (Å²) in [7, 11) is 0. The Morgan fingerprint density at radius 3 is 2.67 bits per heavy atom. The van der Waals surface area contributed by atoms with Gasteiger partial charge in [-0.3, -0.25) is 4.79 Å². The van der Waals surface area contributed by atoms with Crippen molar-refractivity contribution in [1.29, 1.82) is 5.26 Å². The molecule has 0 radical (unpaired) electrons. The van der Waals surface area contributed by atoms with Gasteiger partial charge in [0.2, 0.25) is 5.95 Å². The van der Waals surface area contributed by atoms with Crippen molar-refractivity contribution in [3.63, 3.8) is 0 Å². The van der Waals surface area contributed by atoms with Crippen LogP contribution in [0.5, 0.6) is 0 Å². The third-order valence-corrected chi connectivity index (χ3v) is 3.87. The van der Waals surface area contributed by atoms with Crippen LogP contribution in [0, 0.1) is 25.2 Å². The number of carbonyl (C=O) groups excluding carboxylic acids is 1. The van der Waals surface area contributed by atoms with Crippen LogP contribution in [0.2, 0.25) is 0 Å². The summed E-state index contributed by atoms with van der Waals surface area (Å²) in [6, 6.07) is 18.7. The zero-order chi connectivity index (χ0) is 19.2. The van der Waals surface area contributed by atoms with E-state index in [1.54, 1.807) is 31.2 Å². The maximum absolute atomic E-state index is 12.5. The molecular formula is C21H19N5O. The van der Waals surface area contributed by atoms with E-state index in [0.29, 0.717) is 29.4 Å². The van der Waals surface area contributed by atoms with Gasteiger partial charge in [-0.1, -0.05) is 35.9 Å². The summed E-state index contributed by atoms with van der Waals surface area (Å²) in [5, 5.41) is 14.9. The number of amides is 1. The van der Waals surface area contributed by atoms with E-state index in [0.717, 1.165) is 11.1 Å². The van der Waals surface area contributed by atoms with Gasteiger partial charge in [0.1, 0.15) is 5.69 Å². The molecule has 0 spiro atoms. The molecule has 3 aromatic rings. The quantitative estimate of drug-likeness (QED) is 0.727. The van der Waals surface area contributed by atoms with Crippen LogP contribution in [0.15, 0.2) is 54.6 Å². The second kappa shape index (κ2) is 8.11. The Kier molecular flexibility index (Phi) is 5.43. The van der Waals surface area contributed by atoms with Gasteiger partial charge in [0.25, 0.3) is 5.91 Å². The normalized spacial score (nSPS) is 10.1. The van der Waals surface area contributed by atoms with Gasteiger partial charge >= 0.3 is 0 Å². The highest BCUT2D eigenvalue weighted by Gasteiger charge is 2.11. The minimum Gasteiger partial charge on any atom is -0.347 e. The average Bonchev–Trinajstić information content (AvgIpc) is 2.66. The van der Waals surface area contributed by atoms with Gasteiger partial charge in [0, 0.05) is 17.9 Å². The van der Waals surface area contributed by atoms with Gasteiger partial charge in [0.15, 0.2) is 0 Å². The zero-order valence-corrected chi connectivity index (χ0v) is 15.2. The second-order valence-electron chi connectivity index (χ2n) is 6.21. The van der Waals surface area contributed by atoms with Crippen molar-refractivity contribution in [3.8, 4) is 6.07 Å². The van der Waals surface area contributed by atoms with Gasteiger partial charge in [0.05, 0.1) is 11.6 Å². The zero-order valence-electron chi connectivity index (χ0n) is 15.2. The van der Waals surface area contributed by atoms with Crippen molar-refractivity contribution in [2.24, 2.45) is 0 Å². The molecule has 2 aromatic carbocycles. The molecule has 3 rings (SSSR count). The summed E-state index contributed by atoms with van der Waals surface area (Å²) < 4.78 is 0. The monoisotopic (exact) mass is 357 g/mol. The van der Waals surface area contributed by atoms with Gasteiger partial charge in [-0.25, -0.2) is 9.97 Å². The van der Waals surface area contributed by atoms with E-state index >= 15 is 0 Å². The van der Waals surface area contributed by atoms with Crippen molar-refractivity contribution in [2.45, 2.75) is 20.4 Å². The van der Waals surface area contributed by atoms with E-state index in [4.69, 9.17) is 5.26 Å².